The lowest BCUT2D eigenvalue weighted by Crippen LogP contribution is -2.13. The summed E-state index contributed by atoms with van der Waals surface area (Å²) in [7, 11) is 1.64. The first-order valence-electron chi connectivity index (χ1n) is 7.87. The molecule has 0 radical (unpaired) electrons. The normalized spacial score (nSPS) is 11.0. The molecule has 3 rings (SSSR count). The Hall–Kier alpha value is -1.98. The molecule has 3 aromatic rings. The van der Waals surface area contributed by atoms with Crippen molar-refractivity contribution < 1.29 is 13.9 Å². The summed E-state index contributed by atoms with van der Waals surface area (Å²) in [6.45, 7) is 4.06. The van der Waals surface area contributed by atoms with Crippen LogP contribution in [-0.4, -0.2) is 13.7 Å². The van der Waals surface area contributed by atoms with Gasteiger partial charge in [0.25, 0.3) is 0 Å². The largest absolute Gasteiger partial charge is 0.492 e. The molecule has 0 bridgehead atoms. The third-order valence-electron chi connectivity index (χ3n) is 3.75. The van der Waals surface area contributed by atoms with Crippen LogP contribution >= 0.6 is 15.9 Å². The molecule has 0 aliphatic rings. The van der Waals surface area contributed by atoms with Crippen molar-refractivity contribution in [3.8, 4) is 11.5 Å². The van der Waals surface area contributed by atoms with Gasteiger partial charge in [0.2, 0.25) is 0 Å². The highest BCUT2D eigenvalue weighted by Gasteiger charge is 2.11. The SMILES string of the molecule is CCOc1cc(CNCc2ccc3ccoc3c2)cc(Br)c1OC. The lowest BCUT2D eigenvalue weighted by atomic mass is 10.1. The summed E-state index contributed by atoms with van der Waals surface area (Å²) in [6, 6.07) is 12.3. The van der Waals surface area contributed by atoms with E-state index in [4.69, 9.17) is 13.9 Å². The van der Waals surface area contributed by atoms with Crippen LogP contribution in [0.5, 0.6) is 11.5 Å². The molecule has 2 aromatic carbocycles. The van der Waals surface area contributed by atoms with Crippen LogP contribution in [0.3, 0.4) is 0 Å². The molecule has 0 amide bonds. The highest BCUT2D eigenvalue weighted by Crippen LogP contribution is 2.36. The van der Waals surface area contributed by atoms with Crippen molar-refractivity contribution in [1.82, 2.24) is 5.32 Å². The van der Waals surface area contributed by atoms with Crippen molar-refractivity contribution in [3.63, 3.8) is 0 Å². The van der Waals surface area contributed by atoms with Gasteiger partial charge in [0.05, 0.1) is 24.5 Å². The summed E-state index contributed by atoms with van der Waals surface area (Å²) in [5.41, 5.74) is 3.24. The molecule has 4 nitrogen and oxygen atoms in total. The molecule has 24 heavy (non-hydrogen) atoms. The predicted octanol–water partition coefficient (Wildman–Crippen LogP) is 4.89. The second-order valence-electron chi connectivity index (χ2n) is 5.44. The fourth-order valence-corrected chi connectivity index (χ4v) is 3.30. The molecular weight excluding hydrogens is 370 g/mol. The number of hydrogen-bond donors (Lipinski definition) is 1. The van der Waals surface area contributed by atoms with Crippen molar-refractivity contribution in [3.05, 3.63) is 58.3 Å². The summed E-state index contributed by atoms with van der Waals surface area (Å²) < 4.78 is 17.4. The molecule has 1 N–H and O–H groups in total. The Bertz CT molecular complexity index is 829. The molecule has 0 saturated heterocycles. The number of fused-ring (bicyclic) bond motifs is 1. The summed E-state index contributed by atoms with van der Waals surface area (Å²) in [4.78, 5) is 0. The molecule has 0 unspecified atom stereocenters. The second kappa shape index (κ2) is 7.73. The summed E-state index contributed by atoms with van der Waals surface area (Å²) in [6.07, 6.45) is 1.71. The van der Waals surface area contributed by atoms with E-state index >= 15 is 0 Å². The third kappa shape index (κ3) is 3.74. The first-order valence-corrected chi connectivity index (χ1v) is 8.66. The molecule has 5 heteroatoms. The quantitative estimate of drug-likeness (QED) is 0.624. The van der Waals surface area contributed by atoms with E-state index < -0.39 is 0 Å². The van der Waals surface area contributed by atoms with Gasteiger partial charge in [-0.2, -0.15) is 0 Å². The highest BCUT2D eigenvalue weighted by molar-refractivity contribution is 9.10. The Balaban J connectivity index is 1.67. The van der Waals surface area contributed by atoms with Gasteiger partial charge in [0, 0.05) is 18.5 Å². The van der Waals surface area contributed by atoms with Gasteiger partial charge in [-0.25, -0.2) is 0 Å². The number of halogens is 1. The molecule has 1 aromatic heterocycles. The van der Waals surface area contributed by atoms with Crippen molar-refractivity contribution in [1.29, 1.82) is 0 Å². The van der Waals surface area contributed by atoms with Crippen LogP contribution in [0.1, 0.15) is 18.1 Å². The van der Waals surface area contributed by atoms with Crippen molar-refractivity contribution in [2.45, 2.75) is 20.0 Å². The Kier molecular flexibility index (Phi) is 5.43. The zero-order valence-electron chi connectivity index (χ0n) is 13.8. The van der Waals surface area contributed by atoms with Gasteiger partial charge in [0.15, 0.2) is 11.5 Å². The fraction of sp³-hybridized carbons (Fsp3) is 0.263. The Morgan fingerprint density at radius 1 is 1.08 bits per heavy atom. The van der Waals surface area contributed by atoms with E-state index in [2.05, 4.69) is 39.4 Å². The minimum Gasteiger partial charge on any atom is -0.492 e. The summed E-state index contributed by atoms with van der Waals surface area (Å²) in [5.74, 6) is 1.48. The molecule has 1 heterocycles. The van der Waals surface area contributed by atoms with Crippen LogP contribution in [0.4, 0.5) is 0 Å². The predicted molar refractivity (Wildman–Crippen MR) is 98.6 cm³/mol. The summed E-state index contributed by atoms with van der Waals surface area (Å²) >= 11 is 3.54. The number of benzene rings is 2. The number of hydrogen-bond acceptors (Lipinski definition) is 4. The molecule has 0 saturated carbocycles. The van der Waals surface area contributed by atoms with Crippen LogP contribution in [0.2, 0.25) is 0 Å². The topological polar surface area (TPSA) is 43.6 Å². The number of methoxy groups -OCH3 is 1. The summed E-state index contributed by atoms with van der Waals surface area (Å²) in [5, 5.41) is 4.57. The van der Waals surface area contributed by atoms with Gasteiger partial charge in [0.1, 0.15) is 5.58 Å². The van der Waals surface area contributed by atoms with Gasteiger partial charge in [-0.1, -0.05) is 12.1 Å². The van der Waals surface area contributed by atoms with Gasteiger partial charge in [-0.15, -0.1) is 0 Å². The average Bonchev–Trinajstić information content (AvgIpc) is 3.03. The van der Waals surface area contributed by atoms with Crippen molar-refractivity contribution >= 4 is 26.9 Å². The van der Waals surface area contributed by atoms with Gasteiger partial charge in [-0.3, -0.25) is 0 Å². The zero-order valence-corrected chi connectivity index (χ0v) is 15.4. The highest BCUT2D eigenvalue weighted by atomic mass is 79.9. The first kappa shape index (κ1) is 16.9. The average molecular weight is 390 g/mol. The number of furan rings is 1. The number of rotatable bonds is 7. The molecule has 0 fully saturated rings. The Morgan fingerprint density at radius 2 is 1.92 bits per heavy atom. The maximum absolute atomic E-state index is 5.66. The smallest absolute Gasteiger partial charge is 0.174 e. The fourth-order valence-electron chi connectivity index (χ4n) is 2.64. The molecule has 0 spiro atoms. The number of nitrogens with one attached hydrogen (secondary N) is 1. The maximum atomic E-state index is 5.66. The molecule has 126 valence electrons. The molecule has 0 aliphatic heterocycles. The molecular formula is C19H20BrNO3. The molecule has 0 atom stereocenters. The minimum atomic E-state index is 0.600. The van der Waals surface area contributed by atoms with E-state index in [1.54, 1.807) is 13.4 Å². The van der Waals surface area contributed by atoms with E-state index in [1.807, 2.05) is 25.1 Å². The van der Waals surface area contributed by atoms with Crippen LogP contribution in [0.15, 0.2) is 51.6 Å². The Labute approximate surface area is 149 Å². The second-order valence-corrected chi connectivity index (χ2v) is 6.29. The first-order chi connectivity index (χ1) is 11.7. The van der Waals surface area contributed by atoms with E-state index in [9.17, 15) is 0 Å². The van der Waals surface area contributed by atoms with Crippen LogP contribution in [-0.2, 0) is 13.1 Å². The standard InChI is InChI=1S/C19H20BrNO3/c1-3-23-18-10-14(8-16(20)19(18)22-2)12-21-11-13-4-5-15-6-7-24-17(15)9-13/h4-10,21H,3,11-12H2,1-2H3. The van der Waals surface area contributed by atoms with Crippen LogP contribution in [0, 0.1) is 0 Å². The minimum absolute atomic E-state index is 0.600. The van der Waals surface area contributed by atoms with E-state index in [-0.39, 0.29) is 0 Å². The Morgan fingerprint density at radius 3 is 2.71 bits per heavy atom. The van der Waals surface area contributed by atoms with Gasteiger partial charge in [-0.05, 0) is 58.2 Å². The van der Waals surface area contributed by atoms with Crippen molar-refractivity contribution in [2.24, 2.45) is 0 Å². The third-order valence-corrected chi connectivity index (χ3v) is 4.34. The van der Waals surface area contributed by atoms with Gasteiger partial charge < -0.3 is 19.2 Å². The van der Waals surface area contributed by atoms with Crippen LogP contribution in [0.25, 0.3) is 11.0 Å². The number of ether oxygens (including phenoxy) is 2. The zero-order chi connectivity index (χ0) is 16.9. The maximum Gasteiger partial charge on any atom is 0.174 e. The van der Waals surface area contributed by atoms with Crippen LogP contribution < -0.4 is 14.8 Å². The van der Waals surface area contributed by atoms with E-state index in [1.165, 1.54) is 5.56 Å². The van der Waals surface area contributed by atoms with Crippen molar-refractivity contribution in [2.75, 3.05) is 13.7 Å². The van der Waals surface area contributed by atoms with E-state index in [0.29, 0.717) is 6.61 Å². The van der Waals surface area contributed by atoms with E-state index in [0.717, 1.165) is 45.6 Å². The lowest BCUT2D eigenvalue weighted by molar-refractivity contribution is 0.309. The monoisotopic (exact) mass is 389 g/mol. The molecule has 0 aliphatic carbocycles. The van der Waals surface area contributed by atoms with Gasteiger partial charge >= 0.3 is 0 Å². The lowest BCUT2D eigenvalue weighted by Gasteiger charge is -2.13.